The van der Waals surface area contributed by atoms with Crippen LogP contribution in [0.4, 0.5) is 4.39 Å². The van der Waals surface area contributed by atoms with Crippen molar-refractivity contribution in [2.75, 3.05) is 0 Å². The van der Waals surface area contributed by atoms with Gasteiger partial charge in [-0.3, -0.25) is 4.21 Å². The largest absolute Gasteiger partial charge is 0.385 e. The van der Waals surface area contributed by atoms with Crippen molar-refractivity contribution in [3.05, 3.63) is 35.1 Å². The molecule has 1 N–H and O–H groups in total. The second-order valence-corrected chi connectivity index (χ2v) is 7.54. The summed E-state index contributed by atoms with van der Waals surface area (Å²) in [6.45, 7) is 1.89. The van der Waals surface area contributed by atoms with E-state index in [-0.39, 0.29) is 16.3 Å². The SMILES string of the molecule is Cc1ccc(F)cc1C1(O)CC2CCC(C1)S2=O. The Hall–Kier alpha value is -0.740. The first-order valence-electron chi connectivity index (χ1n) is 6.38. The maximum atomic E-state index is 13.4. The van der Waals surface area contributed by atoms with Crippen LogP contribution < -0.4 is 0 Å². The van der Waals surface area contributed by atoms with E-state index in [1.807, 2.05) is 6.92 Å². The molecule has 2 fully saturated rings. The number of hydrogen-bond donors (Lipinski definition) is 1. The lowest BCUT2D eigenvalue weighted by Gasteiger charge is -2.37. The van der Waals surface area contributed by atoms with Gasteiger partial charge in [-0.1, -0.05) is 6.07 Å². The number of benzene rings is 1. The lowest BCUT2D eigenvalue weighted by molar-refractivity contribution is 0.0176. The van der Waals surface area contributed by atoms with E-state index in [2.05, 4.69) is 0 Å². The van der Waals surface area contributed by atoms with Gasteiger partial charge in [0.2, 0.25) is 0 Å². The number of halogens is 1. The molecule has 2 atom stereocenters. The predicted molar refractivity (Wildman–Crippen MR) is 69.2 cm³/mol. The van der Waals surface area contributed by atoms with Crippen LogP contribution in [0.3, 0.4) is 0 Å². The molecule has 2 heterocycles. The maximum Gasteiger partial charge on any atom is 0.123 e. The van der Waals surface area contributed by atoms with E-state index in [4.69, 9.17) is 0 Å². The fourth-order valence-electron chi connectivity index (χ4n) is 3.40. The van der Waals surface area contributed by atoms with Crippen LogP contribution in [0.25, 0.3) is 0 Å². The van der Waals surface area contributed by atoms with Crippen molar-refractivity contribution >= 4 is 10.8 Å². The van der Waals surface area contributed by atoms with Gasteiger partial charge in [0.15, 0.2) is 0 Å². The summed E-state index contributed by atoms with van der Waals surface area (Å²) in [5, 5.41) is 11.0. The molecule has 0 spiro atoms. The minimum absolute atomic E-state index is 0.0800. The van der Waals surface area contributed by atoms with Crippen LogP contribution >= 0.6 is 0 Å². The Balaban J connectivity index is 2.01. The van der Waals surface area contributed by atoms with Crippen LogP contribution in [0.5, 0.6) is 0 Å². The Morgan fingerprint density at radius 3 is 2.56 bits per heavy atom. The number of aliphatic hydroxyl groups is 1. The highest BCUT2D eigenvalue weighted by Crippen LogP contribution is 2.46. The van der Waals surface area contributed by atoms with E-state index < -0.39 is 16.4 Å². The summed E-state index contributed by atoms with van der Waals surface area (Å²) in [4.78, 5) is 0. The average Bonchev–Trinajstić information content (AvgIpc) is 2.56. The molecule has 0 aliphatic carbocycles. The second-order valence-electron chi connectivity index (χ2n) is 5.55. The molecule has 98 valence electrons. The highest BCUT2D eigenvalue weighted by molar-refractivity contribution is 7.86. The fraction of sp³-hybridized carbons (Fsp3) is 0.571. The van der Waals surface area contributed by atoms with Gasteiger partial charge in [-0.25, -0.2) is 4.39 Å². The number of aryl methyl sites for hydroxylation is 1. The van der Waals surface area contributed by atoms with Crippen molar-refractivity contribution in [2.45, 2.75) is 48.7 Å². The molecule has 2 aliphatic heterocycles. The van der Waals surface area contributed by atoms with Gasteiger partial charge in [0.05, 0.1) is 5.60 Å². The summed E-state index contributed by atoms with van der Waals surface area (Å²) in [7, 11) is -0.805. The molecule has 1 aromatic rings. The number of hydrogen-bond acceptors (Lipinski definition) is 2. The van der Waals surface area contributed by atoms with Crippen LogP contribution in [0, 0.1) is 12.7 Å². The zero-order valence-electron chi connectivity index (χ0n) is 10.4. The molecular weight excluding hydrogens is 251 g/mol. The second kappa shape index (κ2) is 4.14. The summed E-state index contributed by atoms with van der Waals surface area (Å²) in [6, 6.07) is 4.55. The molecule has 2 unspecified atom stereocenters. The normalized spacial score (nSPS) is 38.9. The molecule has 2 aliphatic rings. The molecule has 0 amide bonds. The van der Waals surface area contributed by atoms with E-state index in [0.29, 0.717) is 18.4 Å². The van der Waals surface area contributed by atoms with Crippen LogP contribution in [0.1, 0.15) is 36.8 Å². The molecule has 1 aromatic carbocycles. The van der Waals surface area contributed by atoms with Crippen LogP contribution in [-0.2, 0) is 16.4 Å². The van der Waals surface area contributed by atoms with Crippen LogP contribution in [0.15, 0.2) is 18.2 Å². The lowest BCUT2D eigenvalue weighted by atomic mass is 9.83. The van der Waals surface area contributed by atoms with Crippen molar-refractivity contribution in [3.63, 3.8) is 0 Å². The average molecular weight is 268 g/mol. The third-order valence-corrected chi connectivity index (χ3v) is 6.42. The van der Waals surface area contributed by atoms with Gasteiger partial charge in [0.1, 0.15) is 5.82 Å². The molecular formula is C14H17FO2S. The van der Waals surface area contributed by atoms with Crippen molar-refractivity contribution in [3.8, 4) is 0 Å². The van der Waals surface area contributed by atoms with Crippen molar-refractivity contribution in [1.29, 1.82) is 0 Å². The number of rotatable bonds is 1. The summed E-state index contributed by atoms with van der Waals surface area (Å²) in [5.74, 6) is -0.317. The molecule has 0 radical (unpaired) electrons. The summed E-state index contributed by atoms with van der Waals surface area (Å²) < 4.78 is 25.4. The molecule has 2 saturated heterocycles. The summed E-state index contributed by atoms with van der Waals surface area (Å²) in [5.41, 5.74) is 0.591. The highest BCUT2D eigenvalue weighted by Gasteiger charge is 2.48. The molecule has 0 aromatic heterocycles. The minimum atomic E-state index is -0.994. The van der Waals surface area contributed by atoms with Gasteiger partial charge in [-0.15, -0.1) is 0 Å². The van der Waals surface area contributed by atoms with Gasteiger partial charge in [-0.05, 0) is 55.9 Å². The van der Waals surface area contributed by atoms with Crippen molar-refractivity contribution in [2.24, 2.45) is 0 Å². The zero-order valence-corrected chi connectivity index (χ0v) is 11.2. The first-order chi connectivity index (χ1) is 8.49. The first kappa shape index (κ1) is 12.3. The Bertz CT molecular complexity index is 499. The Morgan fingerprint density at radius 2 is 1.94 bits per heavy atom. The Labute approximate surface area is 109 Å². The third kappa shape index (κ3) is 1.82. The van der Waals surface area contributed by atoms with Gasteiger partial charge in [-0.2, -0.15) is 0 Å². The van der Waals surface area contributed by atoms with Gasteiger partial charge in [0.25, 0.3) is 0 Å². The van der Waals surface area contributed by atoms with Crippen LogP contribution in [0.2, 0.25) is 0 Å². The third-order valence-electron chi connectivity index (χ3n) is 4.30. The van der Waals surface area contributed by atoms with E-state index in [9.17, 15) is 13.7 Å². The van der Waals surface area contributed by atoms with Gasteiger partial charge in [0, 0.05) is 21.3 Å². The quantitative estimate of drug-likeness (QED) is 0.849. The highest BCUT2D eigenvalue weighted by atomic mass is 32.2. The molecule has 2 bridgehead atoms. The minimum Gasteiger partial charge on any atom is -0.385 e. The monoisotopic (exact) mass is 268 g/mol. The topological polar surface area (TPSA) is 37.3 Å². The number of fused-ring (bicyclic) bond motifs is 2. The summed E-state index contributed by atoms with van der Waals surface area (Å²) >= 11 is 0. The predicted octanol–water partition coefficient (Wildman–Crippen LogP) is 2.40. The van der Waals surface area contributed by atoms with Gasteiger partial charge < -0.3 is 5.11 Å². The molecule has 4 heteroatoms. The first-order valence-corrected chi connectivity index (χ1v) is 7.65. The standard InChI is InChI=1S/C14H17FO2S/c1-9-2-3-10(15)6-13(9)14(16)7-11-4-5-12(8-14)18(11)17/h2-3,6,11-12,16H,4-5,7-8H2,1H3. The molecule has 2 nitrogen and oxygen atoms in total. The van der Waals surface area contributed by atoms with Crippen molar-refractivity contribution in [1.82, 2.24) is 0 Å². The molecule has 18 heavy (non-hydrogen) atoms. The lowest BCUT2D eigenvalue weighted by Crippen LogP contribution is -2.40. The van der Waals surface area contributed by atoms with E-state index >= 15 is 0 Å². The zero-order chi connectivity index (χ0) is 12.9. The van der Waals surface area contributed by atoms with E-state index in [1.165, 1.54) is 12.1 Å². The van der Waals surface area contributed by atoms with Crippen LogP contribution in [-0.4, -0.2) is 19.8 Å². The Morgan fingerprint density at radius 1 is 1.33 bits per heavy atom. The fourth-order valence-corrected chi connectivity index (χ4v) is 5.56. The smallest absolute Gasteiger partial charge is 0.123 e. The van der Waals surface area contributed by atoms with E-state index in [0.717, 1.165) is 18.4 Å². The Kier molecular flexibility index (Phi) is 2.83. The summed E-state index contributed by atoms with van der Waals surface area (Å²) in [6.07, 6.45) is 2.85. The van der Waals surface area contributed by atoms with Gasteiger partial charge >= 0.3 is 0 Å². The van der Waals surface area contributed by atoms with E-state index in [1.54, 1.807) is 6.07 Å². The van der Waals surface area contributed by atoms with Crippen molar-refractivity contribution < 1.29 is 13.7 Å². The molecule has 0 saturated carbocycles. The maximum absolute atomic E-state index is 13.4. The molecule has 3 rings (SSSR count).